The Morgan fingerprint density at radius 3 is 2.16 bits per heavy atom. The van der Waals surface area contributed by atoms with Crippen LogP contribution >= 0.6 is 0 Å². The van der Waals surface area contributed by atoms with Crippen LogP contribution in [0.5, 0.6) is 0 Å². The zero-order valence-corrected chi connectivity index (χ0v) is 14.3. The molecule has 5 rings (SSSR count). The highest BCUT2D eigenvalue weighted by molar-refractivity contribution is 5.92. The molecule has 4 saturated carbocycles. The number of hydrogen-bond donors (Lipinski definition) is 1. The standard InChI is InChI=1S/C20H24FNO3/c21-16-1-3-17(4-2-16)22-18(23)12-25-19(24)11-20-8-13-5-14(9-20)7-15(6-13)10-20/h1-4,13-15H,5-12H2,(H,22,23). The van der Waals surface area contributed by atoms with Crippen LogP contribution in [0, 0.1) is 29.0 Å². The summed E-state index contributed by atoms with van der Waals surface area (Å²) in [7, 11) is 0. The van der Waals surface area contributed by atoms with Gasteiger partial charge in [0.2, 0.25) is 0 Å². The van der Waals surface area contributed by atoms with Gasteiger partial charge in [-0.1, -0.05) is 0 Å². The van der Waals surface area contributed by atoms with Gasteiger partial charge in [-0.25, -0.2) is 4.39 Å². The van der Waals surface area contributed by atoms with Crippen molar-refractivity contribution in [2.45, 2.75) is 44.9 Å². The molecule has 1 aromatic rings. The summed E-state index contributed by atoms with van der Waals surface area (Å²) in [6, 6.07) is 5.50. The third kappa shape index (κ3) is 3.70. The lowest BCUT2D eigenvalue weighted by atomic mass is 9.49. The molecule has 4 aliphatic rings. The van der Waals surface area contributed by atoms with Gasteiger partial charge in [0, 0.05) is 5.69 Å². The number of benzene rings is 1. The Labute approximate surface area is 147 Å². The topological polar surface area (TPSA) is 55.4 Å². The first kappa shape index (κ1) is 16.6. The zero-order valence-electron chi connectivity index (χ0n) is 14.3. The van der Waals surface area contributed by atoms with Crippen LogP contribution in [-0.2, 0) is 14.3 Å². The van der Waals surface area contributed by atoms with Crippen LogP contribution in [0.3, 0.4) is 0 Å². The van der Waals surface area contributed by atoms with E-state index in [0.29, 0.717) is 12.1 Å². The maximum Gasteiger partial charge on any atom is 0.306 e. The molecule has 0 aromatic heterocycles. The number of carbonyl (C=O) groups excluding carboxylic acids is 2. The van der Waals surface area contributed by atoms with Gasteiger partial charge in [0.1, 0.15) is 5.82 Å². The van der Waals surface area contributed by atoms with Crippen molar-refractivity contribution in [3.63, 3.8) is 0 Å². The first-order valence-corrected chi connectivity index (χ1v) is 9.21. The van der Waals surface area contributed by atoms with Gasteiger partial charge in [-0.15, -0.1) is 0 Å². The molecule has 0 saturated heterocycles. The van der Waals surface area contributed by atoms with E-state index in [1.54, 1.807) is 0 Å². The molecule has 4 bridgehead atoms. The molecular formula is C20H24FNO3. The summed E-state index contributed by atoms with van der Waals surface area (Å²) in [5.41, 5.74) is 0.614. The highest BCUT2D eigenvalue weighted by Gasteiger charge is 2.51. The van der Waals surface area contributed by atoms with Crippen LogP contribution in [-0.4, -0.2) is 18.5 Å². The Morgan fingerprint density at radius 2 is 1.60 bits per heavy atom. The molecule has 1 amide bonds. The summed E-state index contributed by atoms with van der Waals surface area (Å²) in [5, 5.41) is 2.60. The summed E-state index contributed by atoms with van der Waals surface area (Å²) in [4.78, 5) is 24.2. The average molecular weight is 345 g/mol. The number of hydrogen-bond acceptors (Lipinski definition) is 3. The van der Waals surface area contributed by atoms with E-state index in [1.165, 1.54) is 43.5 Å². The second kappa shape index (κ2) is 6.43. The smallest absolute Gasteiger partial charge is 0.306 e. The molecule has 0 unspecified atom stereocenters. The van der Waals surface area contributed by atoms with Gasteiger partial charge in [0.05, 0.1) is 6.42 Å². The minimum Gasteiger partial charge on any atom is -0.456 e. The Bertz CT molecular complexity index is 635. The van der Waals surface area contributed by atoms with Crippen LogP contribution in [0.4, 0.5) is 10.1 Å². The monoisotopic (exact) mass is 345 g/mol. The van der Waals surface area contributed by atoms with E-state index in [-0.39, 0.29) is 23.8 Å². The fourth-order valence-electron chi connectivity index (χ4n) is 5.74. The van der Waals surface area contributed by atoms with Crippen molar-refractivity contribution < 1.29 is 18.7 Å². The molecule has 4 fully saturated rings. The van der Waals surface area contributed by atoms with E-state index in [4.69, 9.17) is 4.74 Å². The lowest BCUT2D eigenvalue weighted by molar-refractivity contribution is -0.154. The molecule has 0 atom stereocenters. The Morgan fingerprint density at radius 1 is 1.04 bits per heavy atom. The fourth-order valence-corrected chi connectivity index (χ4v) is 5.74. The number of anilines is 1. The summed E-state index contributed by atoms with van der Waals surface area (Å²) in [6.45, 7) is -0.289. The third-order valence-corrected chi connectivity index (χ3v) is 6.18. The van der Waals surface area contributed by atoms with Crippen LogP contribution in [0.15, 0.2) is 24.3 Å². The van der Waals surface area contributed by atoms with Crippen LogP contribution in [0.2, 0.25) is 0 Å². The number of carbonyl (C=O) groups is 2. The number of ether oxygens (including phenoxy) is 1. The van der Waals surface area contributed by atoms with Crippen molar-refractivity contribution in [1.29, 1.82) is 0 Å². The second-order valence-electron chi connectivity index (χ2n) is 8.31. The molecule has 0 radical (unpaired) electrons. The summed E-state index contributed by atoms with van der Waals surface area (Å²) >= 11 is 0. The van der Waals surface area contributed by atoms with E-state index in [2.05, 4.69) is 5.32 Å². The predicted octanol–water partition coefficient (Wildman–Crippen LogP) is 3.91. The normalized spacial score (nSPS) is 32.4. The highest BCUT2D eigenvalue weighted by atomic mass is 19.1. The van der Waals surface area contributed by atoms with E-state index in [1.807, 2.05) is 0 Å². The lowest BCUT2D eigenvalue weighted by Gasteiger charge is -2.56. The Hall–Kier alpha value is -1.91. The van der Waals surface area contributed by atoms with Gasteiger partial charge in [-0.2, -0.15) is 0 Å². The van der Waals surface area contributed by atoms with Crippen molar-refractivity contribution in [2.75, 3.05) is 11.9 Å². The van der Waals surface area contributed by atoms with Crippen LogP contribution in [0.1, 0.15) is 44.9 Å². The van der Waals surface area contributed by atoms with Crippen molar-refractivity contribution in [3.05, 3.63) is 30.1 Å². The number of esters is 1. The molecule has 1 aromatic carbocycles. The average Bonchev–Trinajstić information content (AvgIpc) is 2.53. The van der Waals surface area contributed by atoms with Gasteiger partial charge in [-0.05, 0) is 86.0 Å². The minimum atomic E-state index is -0.398. The molecule has 0 spiro atoms. The molecule has 0 aliphatic heterocycles. The Balaban J connectivity index is 1.26. The maximum absolute atomic E-state index is 12.9. The third-order valence-electron chi connectivity index (χ3n) is 6.18. The van der Waals surface area contributed by atoms with Crippen molar-refractivity contribution in [3.8, 4) is 0 Å². The maximum atomic E-state index is 12.9. The van der Waals surface area contributed by atoms with Gasteiger partial charge >= 0.3 is 5.97 Å². The Kier molecular flexibility index (Phi) is 4.26. The zero-order chi connectivity index (χ0) is 17.4. The molecule has 25 heavy (non-hydrogen) atoms. The molecule has 4 nitrogen and oxygen atoms in total. The molecule has 134 valence electrons. The molecule has 5 heteroatoms. The van der Waals surface area contributed by atoms with Crippen molar-refractivity contribution in [2.24, 2.45) is 23.2 Å². The number of nitrogens with one attached hydrogen (secondary N) is 1. The van der Waals surface area contributed by atoms with Crippen molar-refractivity contribution >= 4 is 17.6 Å². The van der Waals surface area contributed by atoms with Crippen LogP contribution < -0.4 is 5.32 Å². The molecular weight excluding hydrogens is 321 g/mol. The second-order valence-corrected chi connectivity index (χ2v) is 8.31. The number of amides is 1. The van der Waals surface area contributed by atoms with Crippen molar-refractivity contribution in [1.82, 2.24) is 0 Å². The molecule has 0 heterocycles. The first-order chi connectivity index (χ1) is 12.0. The highest BCUT2D eigenvalue weighted by Crippen LogP contribution is 2.61. The minimum absolute atomic E-state index is 0.124. The lowest BCUT2D eigenvalue weighted by Crippen LogP contribution is -2.47. The summed E-state index contributed by atoms with van der Waals surface area (Å²) < 4.78 is 18.1. The number of rotatable bonds is 5. The fraction of sp³-hybridized carbons (Fsp3) is 0.600. The summed E-state index contributed by atoms with van der Waals surface area (Å²) in [6.07, 6.45) is 7.92. The van der Waals surface area contributed by atoms with E-state index >= 15 is 0 Å². The van der Waals surface area contributed by atoms with Crippen LogP contribution in [0.25, 0.3) is 0 Å². The quantitative estimate of drug-likeness (QED) is 0.823. The predicted molar refractivity (Wildman–Crippen MR) is 91.2 cm³/mol. The van der Waals surface area contributed by atoms with E-state index < -0.39 is 5.91 Å². The molecule has 1 N–H and O–H groups in total. The summed E-state index contributed by atoms with van der Waals surface area (Å²) in [5.74, 6) is 1.35. The van der Waals surface area contributed by atoms with E-state index in [9.17, 15) is 14.0 Å². The number of halogens is 1. The van der Waals surface area contributed by atoms with Gasteiger partial charge in [-0.3, -0.25) is 9.59 Å². The van der Waals surface area contributed by atoms with E-state index in [0.717, 1.165) is 37.0 Å². The van der Waals surface area contributed by atoms with Gasteiger partial charge < -0.3 is 10.1 Å². The molecule has 4 aliphatic carbocycles. The SMILES string of the molecule is O=C(COC(=O)CC12CC3CC(CC(C3)C1)C2)Nc1ccc(F)cc1. The first-order valence-electron chi connectivity index (χ1n) is 9.21. The van der Waals surface area contributed by atoms with Gasteiger partial charge in [0.15, 0.2) is 6.61 Å². The largest absolute Gasteiger partial charge is 0.456 e. The van der Waals surface area contributed by atoms with Gasteiger partial charge in [0.25, 0.3) is 5.91 Å².